The number of ether oxygens (including phenoxy) is 2. The van der Waals surface area contributed by atoms with Gasteiger partial charge >= 0.3 is 0 Å². The third-order valence-corrected chi connectivity index (χ3v) is 4.33. The molecule has 0 aromatic heterocycles. The number of methoxy groups -OCH3 is 2. The fourth-order valence-electron chi connectivity index (χ4n) is 3.00. The smallest absolute Gasteiger partial charge is 0.237 e. The topological polar surface area (TPSA) is 76.8 Å². The summed E-state index contributed by atoms with van der Waals surface area (Å²) in [6.07, 6.45) is 3.55. The van der Waals surface area contributed by atoms with Gasteiger partial charge in [0.2, 0.25) is 5.91 Å². The van der Waals surface area contributed by atoms with Gasteiger partial charge in [-0.1, -0.05) is 0 Å². The van der Waals surface area contributed by atoms with Crippen molar-refractivity contribution >= 4 is 5.91 Å². The van der Waals surface area contributed by atoms with E-state index < -0.39 is 5.54 Å². The summed E-state index contributed by atoms with van der Waals surface area (Å²) in [7, 11) is 5.25. The van der Waals surface area contributed by atoms with Crippen LogP contribution in [0.25, 0.3) is 0 Å². The number of hydrogen-bond acceptors (Lipinski definition) is 5. The summed E-state index contributed by atoms with van der Waals surface area (Å²) in [5.74, 6) is -0.244. The second-order valence-electron chi connectivity index (χ2n) is 5.47. The Labute approximate surface area is 122 Å². The van der Waals surface area contributed by atoms with Crippen LogP contribution in [0.4, 0.5) is 0 Å². The predicted octanol–water partition coefficient (Wildman–Crippen LogP) is -0.0327. The van der Waals surface area contributed by atoms with Crippen LogP contribution in [-0.2, 0) is 14.3 Å². The third-order valence-electron chi connectivity index (χ3n) is 4.33. The minimum Gasteiger partial charge on any atom is -0.385 e. The molecule has 6 nitrogen and oxygen atoms in total. The molecule has 3 N–H and O–H groups in total. The molecule has 0 aliphatic heterocycles. The number of rotatable bonds is 10. The molecule has 1 fully saturated rings. The van der Waals surface area contributed by atoms with Gasteiger partial charge in [-0.05, 0) is 32.7 Å². The molecule has 1 rings (SSSR count). The SMILES string of the molecule is CNC1(C(N)=O)CCC(N(CCCOC)CCOC)C1. The van der Waals surface area contributed by atoms with E-state index in [2.05, 4.69) is 10.2 Å². The van der Waals surface area contributed by atoms with Crippen molar-refractivity contribution < 1.29 is 14.3 Å². The van der Waals surface area contributed by atoms with Gasteiger partial charge in [0.15, 0.2) is 0 Å². The lowest BCUT2D eigenvalue weighted by molar-refractivity contribution is -0.124. The average Bonchev–Trinajstić information content (AvgIpc) is 2.88. The number of hydrogen-bond donors (Lipinski definition) is 2. The summed E-state index contributed by atoms with van der Waals surface area (Å²) in [5.41, 5.74) is 5.02. The van der Waals surface area contributed by atoms with Crippen LogP contribution >= 0.6 is 0 Å². The second kappa shape index (κ2) is 8.56. The largest absolute Gasteiger partial charge is 0.385 e. The van der Waals surface area contributed by atoms with Crippen LogP contribution in [0.3, 0.4) is 0 Å². The maximum Gasteiger partial charge on any atom is 0.237 e. The van der Waals surface area contributed by atoms with Crippen molar-refractivity contribution in [2.45, 2.75) is 37.3 Å². The Morgan fingerprint density at radius 3 is 2.55 bits per heavy atom. The zero-order valence-electron chi connectivity index (χ0n) is 13.0. The van der Waals surface area contributed by atoms with Gasteiger partial charge in [-0.3, -0.25) is 9.69 Å². The average molecular weight is 287 g/mol. The Morgan fingerprint density at radius 1 is 1.35 bits per heavy atom. The molecular formula is C14H29N3O3. The lowest BCUT2D eigenvalue weighted by atomic mass is 9.96. The maximum atomic E-state index is 11.7. The van der Waals surface area contributed by atoms with Gasteiger partial charge in [0.05, 0.1) is 12.1 Å². The van der Waals surface area contributed by atoms with Crippen molar-refractivity contribution in [3.8, 4) is 0 Å². The Hall–Kier alpha value is -0.690. The van der Waals surface area contributed by atoms with Crippen molar-refractivity contribution in [2.75, 3.05) is 47.6 Å². The first-order chi connectivity index (χ1) is 9.59. The van der Waals surface area contributed by atoms with E-state index in [1.165, 1.54) is 0 Å². The fraction of sp³-hybridized carbons (Fsp3) is 0.929. The molecule has 20 heavy (non-hydrogen) atoms. The zero-order chi connectivity index (χ0) is 15.0. The summed E-state index contributed by atoms with van der Waals surface area (Å²) in [5, 5.41) is 3.13. The zero-order valence-corrected chi connectivity index (χ0v) is 13.0. The van der Waals surface area contributed by atoms with Crippen molar-refractivity contribution in [1.29, 1.82) is 0 Å². The van der Waals surface area contributed by atoms with Gasteiger partial charge in [0.25, 0.3) is 0 Å². The molecule has 2 atom stereocenters. The first-order valence-corrected chi connectivity index (χ1v) is 7.30. The van der Waals surface area contributed by atoms with Crippen molar-refractivity contribution in [3.63, 3.8) is 0 Å². The van der Waals surface area contributed by atoms with Crippen LogP contribution in [-0.4, -0.2) is 70.0 Å². The van der Waals surface area contributed by atoms with Crippen LogP contribution in [0.15, 0.2) is 0 Å². The van der Waals surface area contributed by atoms with Crippen LogP contribution in [0.5, 0.6) is 0 Å². The lowest BCUT2D eigenvalue weighted by Gasteiger charge is -2.31. The molecule has 0 aromatic carbocycles. The Morgan fingerprint density at radius 2 is 2.05 bits per heavy atom. The monoisotopic (exact) mass is 287 g/mol. The number of nitrogens with one attached hydrogen (secondary N) is 1. The summed E-state index contributed by atoms with van der Waals surface area (Å²) in [6, 6.07) is 0.377. The number of carbonyl (C=O) groups excluding carboxylic acids is 1. The highest BCUT2D eigenvalue weighted by atomic mass is 16.5. The minimum absolute atomic E-state index is 0.244. The van der Waals surface area contributed by atoms with E-state index in [1.807, 2.05) is 7.05 Å². The van der Waals surface area contributed by atoms with Crippen LogP contribution in [0.1, 0.15) is 25.7 Å². The van der Waals surface area contributed by atoms with Gasteiger partial charge < -0.3 is 20.5 Å². The second-order valence-corrected chi connectivity index (χ2v) is 5.47. The fourth-order valence-corrected chi connectivity index (χ4v) is 3.00. The van der Waals surface area contributed by atoms with Gasteiger partial charge in [-0.2, -0.15) is 0 Å². The van der Waals surface area contributed by atoms with E-state index in [0.717, 1.165) is 45.4 Å². The molecule has 0 radical (unpaired) electrons. The number of nitrogens with two attached hydrogens (primary N) is 1. The molecule has 0 spiro atoms. The van der Waals surface area contributed by atoms with E-state index in [-0.39, 0.29) is 5.91 Å². The molecule has 0 saturated heterocycles. The number of carbonyl (C=O) groups is 1. The molecule has 0 bridgehead atoms. The van der Waals surface area contributed by atoms with E-state index in [0.29, 0.717) is 12.6 Å². The summed E-state index contributed by atoms with van der Waals surface area (Å²) in [4.78, 5) is 14.1. The maximum absolute atomic E-state index is 11.7. The number of primary amides is 1. The summed E-state index contributed by atoms with van der Waals surface area (Å²) >= 11 is 0. The van der Waals surface area contributed by atoms with Crippen LogP contribution < -0.4 is 11.1 Å². The van der Waals surface area contributed by atoms with Crippen molar-refractivity contribution in [3.05, 3.63) is 0 Å². The molecular weight excluding hydrogens is 258 g/mol. The van der Waals surface area contributed by atoms with E-state index in [1.54, 1.807) is 14.2 Å². The molecule has 2 unspecified atom stereocenters. The molecule has 1 amide bonds. The normalized spacial score (nSPS) is 26.3. The molecule has 1 saturated carbocycles. The third kappa shape index (κ3) is 4.41. The quantitative estimate of drug-likeness (QED) is 0.552. The van der Waals surface area contributed by atoms with Crippen LogP contribution in [0.2, 0.25) is 0 Å². The first kappa shape index (κ1) is 17.4. The number of nitrogens with zero attached hydrogens (tertiary/aromatic N) is 1. The van der Waals surface area contributed by atoms with Crippen molar-refractivity contribution in [1.82, 2.24) is 10.2 Å². The van der Waals surface area contributed by atoms with Gasteiger partial charge in [0.1, 0.15) is 0 Å². The van der Waals surface area contributed by atoms with E-state index in [9.17, 15) is 4.79 Å². The Bertz CT molecular complexity index is 301. The standard InChI is InChI=1S/C14H29N3O3/c1-16-14(13(15)18)6-5-12(11-14)17(8-10-20-3)7-4-9-19-2/h12,16H,4-11H2,1-3H3,(H2,15,18). The molecule has 6 heteroatoms. The molecule has 1 aliphatic rings. The molecule has 118 valence electrons. The number of amides is 1. The van der Waals surface area contributed by atoms with Gasteiger partial charge in [-0.15, -0.1) is 0 Å². The van der Waals surface area contributed by atoms with Gasteiger partial charge in [-0.25, -0.2) is 0 Å². The highest BCUT2D eigenvalue weighted by Crippen LogP contribution is 2.32. The van der Waals surface area contributed by atoms with E-state index in [4.69, 9.17) is 15.2 Å². The summed E-state index contributed by atoms with van der Waals surface area (Å²) < 4.78 is 10.3. The first-order valence-electron chi connectivity index (χ1n) is 7.30. The van der Waals surface area contributed by atoms with Crippen molar-refractivity contribution in [2.24, 2.45) is 5.73 Å². The predicted molar refractivity (Wildman–Crippen MR) is 78.6 cm³/mol. The summed E-state index contributed by atoms with van der Waals surface area (Å²) in [6.45, 7) is 3.29. The lowest BCUT2D eigenvalue weighted by Crippen LogP contribution is -2.53. The molecule has 0 aromatic rings. The molecule has 1 aliphatic carbocycles. The minimum atomic E-state index is -0.544. The number of likely N-dealkylation sites (N-methyl/N-ethyl adjacent to an activating group) is 1. The Kier molecular flexibility index (Phi) is 7.43. The van der Waals surface area contributed by atoms with Crippen LogP contribution in [0, 0.1) is 0 Å². The van der Waals surface area contributed by atoms with E-state index >= 15 is 0 Å². The highest BCUT2D eigenvalue weighted by molar-refractivity contribution is 5.85. The Balaban J connectivity index is 2.60. The highest BCUT2D eigenvalue weighted by Gasteiger charge is 2.44. The molecule has 0 heterocycles. The van der Waals surface area contributed by atoms with Gasteiger partial charge in [0, 0.05) is 40.0 Å².